The van der Waals surface area contributed by atoms with E-state index >= 15 is 0 Å². The number of hydrogen-bond donors (Lipinski definition) is 1. The molecule has 1 unspecified atom stereocenters. The van der Waals surface area contributed by atoms with Crippen LogP contribution in [-0.2, 0) is 0 Å². The molecule has 0 heterocycles. The summed E-state index contributed by atoms with van der Waals surface area (Å²) >= 11 is 5.87. The summed E-state index contributed by atoms with van der Waals surface area (Å²) in [7, 11) is 1.78. The first-order chi connectivity index (χ1) is 9.51. The molecule has 0 aliphatic rings. The second-order valence-electron chi connectivity index (χ2n) is 4.55. The van der Waals surface area contributed by atoms with E-state index in [9.17, 15) is 8.78 Å². The van der Waals surface area contributed by atoms with Gasteiger partial charge < -0.3 is 10.6 Å². The highest BCUT2D eigenvalue weighted by atomic mass is 35.5. The Bertz CT molecular complexity index is 584. The van der Waals surface area contributed by atoms with Crippen molar-refractivity contribution in [3.63, 3.8) is 0 Å². The van der Waals surface area contributed by atoms with E-state index in [2.05, 4.69) is 0 Å². The first-order valence-electron chi connectivity index (χ1n) is 6.15. The SMILES string of the molecule is CN(c1cccc(F)c1)C(CN)c1cc(F)cc(Cl)c1. The van der Waals surface area contributed by atoms with Crippen LogP contribution in [0, 0.1) is 11.6 Å². The van der Waals surface area contributed by atoms with Crippen LogP contribution in [0.1, 0.15) is 11.6 Å². The monoisotopic (exact) mass is 296 g/mol. The van der Waals surface area contributed by atoms with Gasteiger partial charge in [-0.25, -0.2) is 8.78 Å². The summed E-state index contributed by atoms with van der Waals surface area (Å²) in [6.07, 6.45) is 0. The molecule has 0 bridgehead atoms. The van der Waals surface area contributed by atoms with E-state index in [0.29, 0.717) is 16.3 Å². The van der Waals surface area contributed by atoms with E-state index < -0.39 is 5.82 Å². The number of nitrogens with zero attached hydrogens (tertiary/aromatic N) is 1. The highest BCUT2D eigenvalue weighted by molar-refractivity contribution is 6.30. The van der Waals surface area contributed by atoms with Crippen molar-refractivity contribution in [3.8, 4) is 0 Å². The maximum absolute atomic E-state index is 13.5. The number of nitrogens with two attached hydrogens (primary N) is 1. The second kappa shape index (κ2) is 6.20. The van der Waals surface area contributed by atoms with Crippen LogP contribution < -0.4 is 10.6 Å². The molecule has 0 amide bonds. The van der Waals surface area contributed by atoms with Gasteiger partial charge in [0, 0.05) is 24.3 Å². The zero-order valence-electron chi connectivity index (χ0n) is 11.0. The predicted octanol–water partition coefficient (Wildman–Crippen LogP) is 3.75. The van der Waals surface area contributed by atoms with Crippen molar-refractivity contribution in [1.82, 2.24) is 0 Å². The van der Waals surface area contributed by atoms with Crippen molar-refractivity contribution in [1.29, 1.82) is 0 Å². The maximum atomic E-state index is 13.5. The van der Waals surface area contributed by atoms with Gasteiger partial charge >= 0.3 is 0 Å². The number of halogens is 3. The minimum atomic E-state index is -0.418. The molecule has 0 spiro atoms. The van der Waals surface area contributed by atoms with Gasteiger partial charge in [-0.05, 0) is 42.0 Å². The number of anilines is 1. The average Bonchev–Trinajstić information content (AvgIpc) is 2.38. The van der Waals surface area contributed by atoms with Gasteiger partial charge in [0.25, 0.3) is 0 Å². The molecule has 0 aromatic heterocycles. The Labute approximate surface area is 121 Å². The lowest BCUT2D eigenvalue weighted by atomic mass is 10.0. The Morgan fingerprint density at radius 3 is 2.50 bits per heavy atom. The molecule has 2 nitrogen and oxygen atoms in total. The van der Waals surface area contributed by atoms with Gasteiger partial charge in [-0.3, -0.25) is 0 Å². The van der Waals surface area contributed by atoms with E-state index in [1.54, 1.807) is 30.1 Å². The summed E-state index contributed by atoms with van der Waals surface area (Å²) in [5.41, 5.74) is 7.10. The van der Waals surface area contributed by atoms with Crippen molar-refractivity contribution < 1.29 is 8.78 Å². The van der Waals surface area contributed by atoms with Crippen LogP contribution in [0.3, 0.4) is 0 Å². The van der Waals surface area contributed by atoms with Gasteiger partial charge in [0.2, 0.25) is 0 Å². The van der Waals surface area contributed by atoms with E-state index in [4.69, 9.17) is 17.3 Å². The van der Waals surface area contributed by atoms with Crippen molar-refractivity contribution in [2.24, 2.45) is 5.73 Å². The van der Waals surface area contributed by atoms with Crippen LogP contribution in [0.4, 0.5) is 14.5 Å². The molecule has 2 aromatic carbocycles. The van der Waals surface area contributed by atoms with Crippen LogP contribution >= 0.6 is 11.6 Å². The lowest BCUT2D eigenvalue weighted by molar-refractivity contribution is 0.611. The molecule has 0 aliphatic carbocycles. The predicted molar refractivity (Wildman–Crippen MR) is 78.0 cm³/mol. The molecule has 1 atom stereocenters. The Kier molecular flexibility index (Phi) is 4.57. The van der Waals surface area contributed by atoms with E-state index in [0.717, 1.165) is 0 Å². The van der Waals surface area contributed by atoms with Crippen molar-refractivity contribution in [3.05, 3.63) is 64.7 Å². The number of rotatable bonds is 4. The lowest BCUT2D eigenvalue weighted by Gasteiger charge is -2.29. The fourth-order valence-electron chi connectivity index (χ4n) is 2.16. The Morgan fingerprint density at radius 1 is 1.15 bits per heavy atom. The fourth-order valence-corrected chi connectivity index (χ4v) is 2.39. The molecule has 2 aromatic rings. The normalized spacial score (nSPS) is 12.2. The van der Waals surface area contributed by atoms with Crippen LogP contribution in [0.15, 0.2) is 42.5 Å². The zero-order chi connectivity index (χ0) is 14.7. The molecule has 2 N–H and O–H groups in total. The standard InChI is InChI=1S/C15H15ClF2N2/c1-20(14-4-2-3-12(17)8-14)15(9-19)10-5-11(16)7-13(18)6-10/h2-8,15H,9,19H2,1H3. The molecule has 106 valence electrons. The average molecular weight is 297 g/mol. The molecular formula is C15H15ClF2N2. The van der Waals surface area contributed by atoms with Gasteiger partial charge in [0.05, 0.1) is 6.04 Å². The Balaban J connectivity index is 2.36. The van der Waals surface area contributed by atoms with Crippen LogP contribution in [0.5, 0.6) is 0 Å². The largest absolute Gasteiger partial charge is 0.366 e. The van der Waals surface area contributed by atoms with Gasteiger partial charge in [-0.1, -0.05) is 17.7 Å². The third kappa shape index (κ3) is 3.26. The molecule has 20 heavy (non-hydrogen) atoms. The van der Waals surface area contributed by atoms with Crippen molar-refractivity contribution in [2.75, 3.05) is 18.5 Å². The summed E-state index contributed by atoms with van der Waals surface area (Å²) in [6, 6.07) is 10.2. The van der Waals surface area contributed by atoms with Gasteiger partial charge in [0.1, 0.15) is 11.6 Å². The van der Waals surface area contributed by atoms with Gasteiger partial charge in [-0.2, -0.15) is 0 Å². The third-order valence-corrected chi connectivity index (χ3v) is 3.39. The van der Waals surface area contributed by atoms with Gasteiger partial charge in [0.15, 0.2) is 0 Å². The van der Waals surface area contributed by atoms with E-state index in [1.807, 2.05) is 0 Å². The summed E-state index contributed by atoms with van der Waals surface area (Å²) in [5, 5.41) is 0.311. The topological polar surface area (TPSA) is 29.3 Å². The highest BCUT2D eigenvalue weighted by Gasteiger charge is 2.17. The quantitative estimate of drug-likeness (QED) is 0.931. The highest BCUT2D eigenvalue weighted by Crippen LogP contribution is 2.27. The lowest BCUT2D eigenvalue weighted by Crippen LogP contribution is -2.30. The van der Waals surface area contributed by atoms with E-state index in [1.165, 1.54) is 24.3 Å². The minimum Gasteiger partial charge on any atom is -0.366 e. The Hall–Kier alpha value is -1.65. The number of benzene rings is 2. The summed E-state index contributed by atoms with van der Waals surface area (Å²) in [5.74, 6) is -0.749. The van der Waals surface area contributed by atoms with Gasteiger partial charge in [-0.15, -0.1) is 0 Å². The molecular weight excluding hydrogens is 282 g/mol. The van der Waals surface area contributed by atoms with Crippen molar-refractivity contribution in [2.45, 2.75) is 6.04 Å². The van der Waals surface area contributed by atoms with Crippen molar-refractivity contribution >= 4 is 17.3 Å². The first-order valence-corrected chi connectivity index (χ1v) is 6.53. The van der Waals surface area contributed by atoms with Crippen LogP contribution in [0.25, 0.3) is 0 Å². The smallest absolute Gasteiger partial charge is 0.125 e. The Morgan fingerprint density at radius 2 is 1.90 bits per heavy atom. The maximum Gasteiger partial charge on any atom is 0.125 e. The van der Waals surface area contributed by atoms with Crippen LogP contribution in [0.2, 0.25) is 5.02 Å². The minimum absolute atomic E-state index is 0.257. The first kappa shape index (κ1) is 14.8. The molecule has 0 fully saturated rings. The molecule has 0 saturated heterocycles. The number of hydrogen-bond acceptors (Lipinski definition) is 2. The number of likely N-dealkylation sites (N-methyl/N-ethyl adjacent to an activating group) is 1. The molecule has 0 radical (unpaired) electrons. The van der Waals surface area contributed by atoms with Crippen LogP contribution in [-0.4, -0.2) is 13.6 Å². The fraction of sp³-hybridized carbons (Fsp3) is 0.200. The molecule has 0 aliphatic heterocycles. The summed E-state index contributed by atoms with van der Waals surface area (Å²) in [4.78, 5) is 1.80. The summed E-state index contributed by atoms with van der Waals surface area (Å²) in [6.45, 7) is 0.257. The second-order valence-corrected chi connectivity index (χ2v) is 4.98. The third-order valence-electron chi connectivity index (χ3n) is 3.18. The zero-order valence-corrected chi connectivity index (χ0v) is 11.7. The molecule has 5 heteroatoms. The molecule has 2 rings (SSSR count). The van der Waals surface area contributed by atoms with E-state index in [-0.39, 0.29) is 18.4 Å². The summed E-state index contributed by atoms with van der Waals surface area (Å²) < 4.78 is 26.7. The molecule has 0 saturated carbocycles.